The van der Waals surface area contributed by atoms with Crippen molar-refractivity contribution in [2.45, 2.75) is 148 Å². The Balaban J connectivity index is 3.59. The smallest absolute Gasteiger partial charge is 0.100 e. The second-order valence-corrected chi connectivity index (χ2v) is 9.01. The Hall–Kier alpha value is -0.380. The third-order valence-electron chi connectivity index (χ3n) is 5.90. The summed E-state index contributed by atoms with van der Waals surface area (Å²) in [5.74, 6) is 0. The lowest BCUT2D eigenvalue weighted by Crippen LogP contribution is -2.24. The van der Waals surface area contributed by atoms with Gasteiger partial charge in [-0.05, 0) is 38.5 Å². The maximum atomic E-state index is 9.54. The average molecular weight is 427 g/mol. The molecule has 0 heterocycles. The summed E-state index contributed by atoms with van der Waals surface area (Å²) in [6.07, 6.45) is 28.7. The molecule has 3 heteroatoms. The Bertz CT molecular complexity index is 343. The first-order valence-corrected chi connectivity index (χ1v) is 13.3. The standard InChI is InChI=1S/C27H54O3/c1-3-5-7-9-10-11-12-13-14-15-16-17-18-19-21-23-27(22-20-8-6-4-2)30-25-26(29)24-28/h11-12,26-29H,3-10,13-25H2,1-2H3. The molecule has 0 aromatic heterocycles. The van der Waals surface area contributed by atoms with E-state index in [-0.39, 0.29) is 19.3 Å². The molecule has 2 atom stereocenters. The molecule has 0 saturated heterocycles. The lowest BCUT2D eigenvalue weighted by molar-refractivity contribution is -0.0350. The summed E-state index contributed by atoms with van der Waals surface area (Å²) in [5.41, 5.74) is 0. The van der Waals surface area contributed by atoms with E-state index >= 15 is 0 Å². The molecule has 0 aliphatic carbocycles. The van der Waals surface area contributed by atoms with Gasteiger partial charge in [0.15, 0.2) is 0 Å². The van der Waals surface area contributed by atoms with Gasteiger partial charge >= 0.3 is 0 Å². The molecule has 0 aromatic carbocycles. The van der Waals surface area contributed by atoms with Gasteiger partial charge in [-0.3, -0.25) is 0 Å². The number of hydrogen-bond donors (Lipinski definition) is 2. The summed E-state index contributed by atoms with van der Waals surface area (Å²) < 4.78 is 5.88. The van der Waals surface area contributed by atoms with Crippen LogP contribution in [0.2, 0.25) is 0 Å². The fourth-order valence-corrected chi connectivity index (χ4v) is 3.85. The molecular weight excluding hydrogens is 372 g/mol. The Labute approximate surface area is 188 Å². The van der Waals surface area contributed by atoms with Gasteiger partial charge in [-0.15, -0.1) is 0 Å². The lowest BCUT2D eigenvalue weighted by atomic mass is 10.0. The average Bonchev–Trinajstić information content (AvgIpc) is 2.76. The number of aliphatic hydroxyl groups is 2. The third-order valence-corrected chi connectivity index (χ3v) is 5.90. The molecule has 0 saturated carbocycles. The molecule has 0 aliphatic rings. The molecule has 0 rings (SSSR count). The summed E-state index contributed by atoms with van der Waals surface area (Å²) >= 11 is 0. The summed E-state index contributed by atoms with van der Waals surface area (Å²) in [6.45, 7) is 4.56. The molecular formula is C27H54O3. The maximum absolute atomic E-state index is 9.54. The maximum Gasteiger partial charge on any atom is 0.100 e. The quantitative estimate of drug-likeness (QED) is 0.123. The highest BCUT2D eigenvalue weighted by Gasteiger charge is 2.11. The van der Waals surface area contributed by atoms with Crippen LogP contribution in [0, 0.1) is 0 Å². The van der Waals surface area contributed by atoms with Crippen LogP contribution in [0.25, 0.3) is 0 Å². The molecule has 0 aliphatic heterocycles. The SMILES string of the molecule is CCCCCCC=CCCCCCCCCCC(CCCCCC)OCC(O)CO. The van der Waals surface area contributed by atoms with Crippen LogP contribution in [-0.4, -0.2) is 35.6 Å². The predicted octanol–water partition coefficient (Wildman–Crippen LogP) is 7.73. The van der Waals surface area contributed by atoms with Crippen molar-refractivity contribution in [3.63, 3.8) is 0 Å². The number of ether oxygens (including phenoxy) is 1. The van der Waals surface area contributed by atoms with Gasteiger partial charge in [0.25, 0.3) is 0 Å². The molecule has 0 spiro atoms. The third kappa shape index (κ3) is 22.3. The highest BCUT2D eigenvalue weighted by atomic mass is 16.5. The molecule has 180 valence electrons. The van der Waals surface area contributed by atoms with Crippen molar-refractivity contribution in [1.29, 1.82) is 0 Å². The van der Waals surface area contributed by atoms with Crippen LogP contribution in [0.15, 0.2) is 12.2 Å². The zero-order valence-corrected chi connectivity index (χ0v) is 20.5. The van der Waals surface area contributed by atoms with E-state index in [1.165, 1.54) is 109 Å². The Morgan fingerprint density at radius 2 is 1.07 bits per heavy atom. The summed E-state index contributed by atoms with van der Waals surface area (Å²) in [4.78, 5) is 0. The molecule has 0 radical (unpaired) electrons. The van der Waals surface area contributed by atoms with E-state index in [2.05, 4.69) is 26.0 Å². The van der Waals surface area contributed by atoms with Gasteiger partial charge in [0.05, 0.1) is 19.3 Å². The van der Waals surface area contributed by atoms with E-state index in [1.807, 2.05) is 0 Å². The topological polar surface area (TPSA) is 49.7 Å². The van der Waals surface area contributed by atoms with E-state index in [0.717, 1.165) is 12.8 Å². The van der Waals surface area contributed by atoms with Crippen molar-refractivity contribution in [2.24, 2.45) is 0 Å². The number of aliphatic hydroxyl groups excluding tert-OH is 2. The van der Waals surface area contributed by atoms with Gasteiger partial charge in [-0.1, -0.05) is 109 Å². The zero-order valence-electron chi connectivity index (χ0n) is 20.5. The molecule has 0 bridgehead atoms. The van der Waals surface area contributed by atoms with E-state index in [9.17, 15) is 5.11 Å². The second-order valence-electron chi connectivity index (χ2n) is 9.01. The first-order valence-electron chi connectivity index (χ1n) is 13.3. The number of allylic oxidation sites excluding steroid dienone is 2. The molecule has 0 aromatic rings. The van der Waals surface area contributed by atoms with Crippen LogP contribution in [-0.2, 0) is 4.74 Å². The minimum Gasteiger partial charge on any atom is -0.394 e. The lowest BCUT2D eigenvalue weighted by Gasteiger charge is -2.19. The zero-order chi connectivity index (χ0) is 22.1. The van der Waals surface area contributed by atoms with Crippen LogP contribution in [0.1, 0.15) is 136 Å². The van der Waals surface area contributed by atoms with Crippen molar-refractivity contribution in [1.82, 2.24) is 0 Å². The van der Waals surface area contributed by atoms with E-state index in [4.69, 9.17) is 9.84 Å². The summed E-state index contributed by atoms with van der Waals surface area (Å²) in [7, 11) is 0. The Morgan fingerprint density at radius 3 is 1.57 bits per heavy atom. The first kappa shape index (κ1) is 29.6. The van der Waals surface area contributed by atoms with Gasteiger partial charge in [0.1, 0.15) is 6.10 Å². The van der Waals surface area contributed by atoms with Crippen LogP contribution in [0.5, 0.6) is 0 Å². The second kappa shape index (κ2) is 24.9. The molecule has 30 heavy (non-hydrogen) atoms. The van der Waals surface area contributed by atoms with Crippen LogP contribution < -0.4 is 0 Å². The van der Waals surface area contributed by atoms with E-state index in [0.29, 0.717) is 0 Å². The van der Waals surface area contributed by atoms with Crippen LogP contribution >= 0.6 is 0 Å². The van der Waals surface area contributed by atoms with Gasteiger partial charge in [-0.25, -0.2) is 0 Å². The fourth-order valence-electron chi connectivity index (χ4n) is 3.85. The van der Waals surface area contributed by atoms with Gasteiger partial charge in [-0.2, -0.15) is 0 Å². The highest BCUT2D eigenvalue weighted by molar-refractivity contribution is 4.81. The minimum absolute atomic E-state index is 0.211. The molecule has 2 N–H and O–H groups in total. The van der Waals surface area contributed by atoms with Crippen molar-refractivity contribution < 1.29 is 14.9 Å². The largest absolute Gasteiger partial charge is 0.394 e. The highest BCUT2D eigenvalue weighted by Crippen LogP contribution is 2.17. The monoisotopic (exact) mass is 426 g/mol. The van der Waals surface area contributed by atoms with Crippen molar-refractivity contribution in [2.75, 3.05) is 13.2 Å². The molecule has 3 nitrogen and oxygen atoms in total. The van der Waals surface area contributed by atoms with Crippen molar-refractivity contribution in [3.8, 4) is 0 Å². The first-order chi connectivity index (χ1) is 14.7. The van der Waals surface area contributed by atoms with Gasteiger partial charge in [0.2, 0.25) is 0 Å². The Morgan fingerprint density at radius 1 is 0.633 bits per heavy atom. The summed E-state index contributed by atoms with van der Waals surface area (Å²) in [5, 5.41) is 18.5. The number of hydrogen-bond acceptors (Lipinski definition) is 3. The van der Waals surface area contributed by atoms with Gasteiger partial charge < -0.3 is 14.9 Å². The van der Waals surface area contributed by atoms with E-state index < -0.39 is 6.10 Å². The van der Waals surface area contributed by atoms with Gasteiger partial charge in [0, 0.05) is 0 Å². The predicted molar refractivity (Wildman–Crippen MR) is 131 cm³/mol. The molecule has 2 unspecified atom stereocenters. The Kier molecular flexibility index (Phi) is 24.6. The van der Waals surface area contributed by atoms with Crippen molar-refractivity contribution in [3.05, 3.63) is 12.2 Å². The van der Waals surface area contributed by atoms with Crippen LogP contribution in [0.3, 0.4) is 0 Å². The summed E-state index contributed by atoms with van der Waals surface area (Å²) in [6, 6.07) is 0. The molecule has 0 fully saturated rings. The normalized spacial score (nSPS) is 13.9. The fraction of sp³-hybridized carbons (Fsp3) is 0.926. The number of rotatable bonds is 24. The number of unbranched alkanes of at least 4 members (excludes halogenated alkanes) is 14. The van der Waals surface area contributed by atoms with E-state index in [1.54, 1.807) is 0 Å². The van der Waals surface area contributed by atoms with Crippen LogP contribution in [0.4, 0.5) is 0 Å². The minimum atomic E-state index is -0.737. The molecule has 0 amide bonds. The van der Waals surface area contributed by atoms with Crippen molar-refractivity contribution >= 4 is 0 Å².